The molecule has 0 unspecified atom stereocenters. The highest BCUT2D eigenvalue weighted by Crippen LogP contribution is 2.20. The summed E-state index contributed by atoms with van der Waals surface area (Å²) in [6.07, 6.45) is 3.53. The highest BCUT2D eigenvalue weighted by molar-refractivity contribution is 4.96. The van der Waals surface area contributed by atoms with Crippen molar-refractivity contribution < 1.29 is 0 Å². The van der Waals surface area contributed by atoms with Crippen LogP contribution in [0.2, 0.25) is 0 Å². The molecule has 1 rings (SSSR count). The second kappa shape index (κ2) is 5.38. The van der Waals surface area contributed by atoms with Gasteiger partial charge in [0, 0.05) is 18.5 Å². The molecule has 0 spiro atoms. The van der Waals surface area contributed by atoms with Gasteiger partial charge in [-0.3, -0.25) is 0 Å². The Hall–Kier alpha value is -0.520. The lowest BCUT2D eigenvalue weighted by atomic mass is 9.90. The van der Waals surface area contributed by atoms with Gasteiger partial charge in [-0.1, -0.05) is 0 Å². The van der Waals surface area contributed by atoms with Gasteiger partial charge >= 0.3 is 0 Å². The molecule has 0 saturated carbocycles. The molecule has 0 atom stereocenters. The first-order valence-electron chi connectivity index (χ1n) is 5.51. The highest BCUT2D eigenvalue weighted by atomic mass is 15.1. The van der Waals surface area contributed by atoms with E-state index in [-0.39, 0.29) is 0 Å². The Morgan fingerprint density at radius 1 is 1.36 bits per heavy atom. The molecule has 1 fully saturated rings. The maximum atomic E-state index is 3.41. The molecule has 1 saturated heterocycles. The van der Waals surface area contributed by atoms with Crippen molar-refractivity contribution in [2.24, 2.45) is 0 Å². The molecule has 80 valence electrons. The third-order valence-electron chi connectivity index (χ3n) is 3.29. The van der Waals surface area contributed by atoms with Crippen molar-refractivity contribution in [3.05, 3.63) is 0 Å². The molecule has 2 heteroatoms. The van der Waals surface area contributed by atoms with Gasteiger partial charge in [0.15, 0.2) is 0 Å². The minimum Gasteiger partial charge on any atom is -0.314 e. The van der Waals surface area contributed by atoms with Crippen LogP contribution in [-0.2, 0) is 0 Å². The lowest BCUT2D eigenvalue weighted by molar-refractivity contribution is 0.155. The van der Waals surface area contributed by atoms with Crippen molar-refractivity contribution in [2.45, 2.75) is 38.6 Å². The average Bonchev–Trinajstić information content (AvgIpc) is 2.22. The summed E-state index contributed by atoms with van der Waals surface area (Å²) in [7, 11) is 2.07. The van der Waals surface area contributed by atoms with E-state index in [1.165, 1.54) is 25.9 Å². The van der Waals surface area contributed by atoms with Gasteiger partial charge in [-0.25, -0.2) is 0 Å². The fourth-order valence-electron chi connectivity index (χ4n) is 1.86. The molecule has 2 nitrogen and oxygen atoms in total. The number of likely N-dealkylation sites (tertiary alicyclic amines) is 1. The highest BCUT2D eigenvalue weighted by Gasteiger charge is 2.27. The summed E-state index contributed by atoms with van der Waals surface area (Å²) in [4.78, 5) is 2.52. The van der Waals surface area contributed by atoms with Gasteiger partial charge < -0.3 is 10.2 Å². The molecule has 0 aliphatic carbocycles. The van der Waals surface area contributed by atoms with Crippen LogP contribution in [0.25, 0.3) is 0 Å². The van der Waals surface area contributed by atoms with E-state index >= 15 is 0 Å². The van der Waals surface area contributed by atoms with Gasteiger partial charge in [0.1, 0.15) is 0 Å². The maximum absolute atomic E-state index is 3.41. The second-order valence-electron chi connectivity index (χ2n) is 4.33. The average molecular weight is 194 g/mol. The van der Waals surface area contributed by atoms with Crippen molar-refractivity contribution in [1.29, 1.82) is 0 Å². The Labute approximate surface area is 88.1 Å². The normalized spacial score (nSPS) is 21.4. The lowest BCUT2D eigenvalue weighted by Gasteiger charge is -2.39. The van der Waals surface area contributed by atoms with Crippen LogP contribution < -0.4 is 5.32 Å². The number of piperidine rings is 1. The third-order valence-corrected chi connectivity index (χ3v) is 3.29. The topological polar surface area (TPSA) is 15.3 Å². The van der Waals surface area contributed by atoms with E-state index in [9.17, 15) is 0 Å². The van der Waals surface area contributed by atoms with Crippen LogP contribution in [-0.4, -0.2) is 37.1 Å². The smallest absolute Gasteiger partial charge is 0.0216 e. The van der Waals surface area contributed by atoms with Gasteiger partial charge in [-0.05, 0) is 46.8 Å². The largest absolute Gasteiger partial charge is 0.314 e. The molecule has 0 aromatic heterocycles. The molecule has 14 heavy (non-hydrogen) atoms. The summed E-state index contributed by atoms with van der Waals surface area (Å²) in [6, 6.07) is 0. The van der Waals surface area contributed by atoms with Crippen LogP contribution in [0.5, 0.6) is 0 Å². The Balaban J connectivity index is 2.24. The van der Waals surface area contributed by atoms with Gasteiger partial charge in [0.05, 0.1) is 0 Å². The Bertz CT molecular complexity index is 216. The van der Waals surface area contributed by atoms with Gasteiger partial charge in [-0.15, -0.1) is 11.8 Å². The molecule has 0 amide bonds. The van der Waals surface area contributed by atoms with Crippen molar-refractivity contribution in [2.75, 3.05) is 26.7 Å². The zero-order chi connectivity index (χ0) is 10.4. The van der Waals surface area contributed by atoms with Crippen LogP contribution >= 0.6 is 0 Å². The number of hydrogen-bond donors (Lipinski definition) is 1. The summed E-state index contributed by atoms with van der Waals surface area (Å²) < 4.78 is 0. The minimum absolute atomic E-state index is 0.368. The van der Waals surface area contributed by atoms with Crippen molar-refractivity contribution in [1.82, 2.24) is 10.2 Å². The van der Waals surface area contributed by atoms with Crippen molar-refractivity contribution in [3.8, 4) is 11.8 Å². The monoisotopic (exact) mass is 194 g/mol. The molecule has 1 heterocycles. The maximum Gasteiger partial charge on any atom is 0.0216 e. The zero-order valence-electron chi connectivity index (χ0n) is 9.69. The Morgan fingerprint density at radius 3 is 2.50 bits per heavy atom. The number of hydrogen-bond acceptors (Lipinski definition) is 2. The molecular weight excluding hydrogens is 172 g/mol. The molecule has 0 aromatic carbocycles. The summed E-state index contributed by atoms with van der Waals surface area (Å²) in [6.45, 7) is 7.79. The second-order valence-corrected chi connectivity index (χ2v) is 4.33. The van der Waals surface area contributed by atoms with E-state index in [1.54, 1.807) is 0 Å². The number of rotatable bonds is 3. The Morgan fingerprint density at radius 2 is 2.00 bits per heavy atom. The third kappa shape index (κ3) is 3.32. The van der Waals surface area contributed by atoms with E-state index in [0.717, 1.165) is 13.0 Å². The lowest BCUT2D eigenvalue weighted by Crippen LogP contribution is -2.50. The fraction of sp³-hybridized carbons (Fsp3) is 0.833. The van der Waals surface area contributed by atoms with Crippen molar-refractivity contribution in [3.63, 3.8) is 0 Å². The molecule has 0 bridgehead atoms. The summed E-state index contributed by atoms with van der Waals surface area (Å²) in [5.41, 5.74) is 0.368. The molecular formula is C12H22N2. The standard InChI is InChI=1S/C12H22N2/c1-4-5-6-9-14-10-7-12(2,13-3)8-11-14/h13H,6-11H2,1-3H3. The zero-order valence-corrected chi connectivity index (χ0v) is 9.69. The molecule has 1 aliphatic rings. The predicted octanol–water partition coefficient (Wildman–Crippen LogP) is 1.47. The van der Waals surface area contributed by atoms with E-state index < -0.39 is 0 Å². The molecule has 0 radical (unpaired) electrons. The predicted molar refractivity (Wildman–Crippen MR) is 61.2 cm³/mol. The minimum atomic E-state index is 0.368. The first kappa shape index (κ1) is 11.6. The van der Waals surface area contributed by atoms with E-state index in [2.05, 4.69) is 36.0 Å². The van der Waals surface area contributed by atoms with Crippen LogP contribution in [0, 0.1) is 11.8 Å². The van der Waals surface area contributed by atoms with E-state index in [1.807, 2.05) is 6.92 Å². The van der Waals surface area contributed by atoms with Gasteiger partial charge in [-0.2, -0.15) is 0 Å². The van der Waals surface area contributed by atoms with Crippen molar-refractivity contribution >= 4 is 0 Å². The first-order valence-corrected chi connectivity index (χ1v) is 5.51. The number of nitrogens with one attached hydrogen (secondary N) is 1. The fourth-order valence-corrected chi connectivity index (χ4v) is 1.86. The van der Waals surface area contributed by atoms with Crippen LogP contribution in [0.1, 0.15) is 33.1 Å². The molecule has 0 aromatic rings. The van der Waals surface area contributed by atoms with Crippen LogP contribution in [0.15, 0.2) is 0 Å². The molecule has 1 aliphatic heterocycles. The van der Waals surface area contributed by atoms with Crippen LogP contribution in [0.4, 0.5) is 0 Å². The summed E-state index contributed by atoms with van der Waals surface area (Å²) in [5.74, 6) is 6.07. The SMILES string of the molecule is CC#CCCN1CCC(C)(NC)CC1. The number of nitrogens with zero attached hydrogens (tertiary/aromatic N) is 1. The van der Waals surface area contributed by atoms with Crippen LogP contribution in [0.3, 0.4) is 0 Å². The van der Waals surface area contributed by atoms with E-state index in [4.69, 9.17) is 0 Å². The summed E-state index contributed by atoms with van der Waals surface area (Å²) >= 11 is 0. The van der Waals surface area contributed by atoms with Gasteiger partial charge in [0.25, 0.3) is 0 Å². The Kier molecular flexibility index (Phi) is 4.44. The first-order chi connectivity index (χ1) is 6.70. The molecule has 1 N–H and O–H groups in total. The quantitative estimate of drug-likeness (QED) is 0.685. The van der Waals surface area contributed by atoms with Gasteiger partial charge in [0.2, 0.25) is 0 Å². The van der Waals surface area contributed by atoms with E-state index in [0.29, 0.717) is 5.54 Å². The summed E-state index contributed by atoms with van der Waals surface area (Å²) in [5, 5.41) is 3.41.